The average Bonchev–Trinajstić information content (AvgIpc) is 2.19. The Morgan fingerprint density at radius 2 is 2.15 bits per heavy atom. The zero-order valence-corrected chi connectivity index (χ0v) is 8.29. The van der Waals surface area contributed by atoms with Crippen molar-refractivity contribution >= 4 is 0 Å². The molecular weight excluding hydrogens is 166 g/mol. The highest BCUT2D eigenvalue weighted by molar-refractivity contribution is 5.07. The first-order valence-electron chi connectivity index (χ1n) is 5.24. The number of hydrogen-bond acceptors (Lipinski definition) is 3. The third-order valence-electron chi connectivity index (χ3n) is 3.64. The summed E-state index contributed by atoms with van der Waals surface area (Å²) in [5, 5.41) is 0. The van der Waals surface area contributed by atoms with Crippen LogP contribution in [0.2, 0.25) is 0 Å². The quantitative estimate of drug-likeness (QED) is 0.695. The number of rotatable bonds is 2. The fourth-order valence-electron chi connectivity index (χ4n) is 2.66. The van der Waals surface area contributed by atoms with Gasteiger partial charge >= 0.3 is 0 Å². The van der Waals surface area contributed by atoms with Crippen molar-refractivity contribution in [3.05, 3.63) is 0 Å². The Labute approximate surface area is 79.6 Å². The smallest absolute Gasteiger partial charge is 0.0662 e. The van der Waals surface area contributed by atoms with Gasteiger partial charge in [-0.25, -0.2) is 0 Å². The van der Waals surface area contributed by atoms with Crippen molar-refractivity contribution in [2.75, 3.05) is 19.8 Å². The maximum absolute atomic E-state index is 6.07. The van der Waals surface area contributed by atoms with Crippen LogP contribution < -0.4 is 5.73 Å². The lowest BCUT2D eigenvalue weighted by molar-refractivity contribution is -0.164. The molecule has 1 aliphatic heterocycles. The molecule has 3 nitrogen and oxygen atoms in total. The molecule has 2 N–H and O–H groups in total. The monoisotopic (exact) mass is 185 g/mol. The van der Waals surface area contributed by atoms with E-state index < -0.39 is 0 Å². The highest BCUT2D eigenvalue weighted by Gasteiger charge is 2.54. The minimum atomic E-state index is 0.258. The summed E-state index contributed by atoms with van der Waals surface area (Å²) in [5.41, 5.74) is 6.33. The van der Waals surface area contributed by atoms with Crippen LogP contribution in [0.5, 0.6) is 0 Å². The number of nitrogens with two attached hydrogens (primary N) is 1. The molecule has 3 heteroatoms. The molecule has 1 saturated heterocycles. The molecule has 0 aromatic carbocycles. The molecule has 1 saturated carbocycles. The van der Waals surface area contributed by atoms with E-state index in [2.05, 4.69) is 6.92 Å². The first-order valence-corrected chi connectivity index (χ1v) is 5.24. The molecule has 1 aliphatic carbocycles. The summed E-state index contributed by atoms with van der Waals surface area (Å²) in [7, 11) is 0. The van der Waals surface area contributed by atoms with Gasteiger partial charge in [-0.1, -0.05) is 0 Å². The van der Waals surface area contributed by atoms with Gasteiger partial charge in [0, 0.05) is 31.3 Å². The standard InChI is InChI=1S/C10H19NO2/c1-2-13-9-7-8(11)10(9)3-5-12-6-4-10/h8-9H,2-7,11H2,1H3/t8-,9-/m1/s1. The van der Waals surface area contributed by atoms with Crippen LogP contribution in [0.25, 0.3) is 0 Å². The second-order valence-corrected chi connectivity index (χ2v) is 4.13. The second kappa shape index (κ2) is 3.56. The van der Waals surface area contributed by atoms with Gasteiger partial charge in [-0.05, 0) is 26.2 Å². The summed E-state index contributed by atoms with van der Waals surface area (Å²) < 4.78 is 11.1. The predicted octanol–water partition coefficient (Wildman–Crippen LogP) is 0.919. The SMILES string of the molecule is CCO[C@@H]1C[C@@H](N)C12CCOCC2. The second-order valence-electron chi connectivity index (χ2n) is 4.13. The van der Waals surface area contributed by atoms with Gasteiger partial charge in [-0.15, -0.1) is 0 Å². The largest absolute Gasteiger partial charge is 0.381 e. The molecular formula is C10H19NO2. The van der Waals surface area contributed by atoms with Gasteiger partial charge in [-0.2, -0.15) is 0 Å². The summed E-state index contributed by atoms with van der Waals surface area (Å²) in [6, 6.07) is 0.341. The van der Waals surface area contributed by atoms with Crippen LogP contribution in [0.15, 0.2) is 0 Å². The molecule has 2 fully saturated rings. The Kier molecular flexibility index (Phi) is 2.58. The normalized spacial score (nSPS) is 37.4. The van der Waals surface area contributed by atoms with E-state index in [1.54, 1.807) is 0 Å². The molecule has 1 spiro atoms. The Hall–Kier alpha value is -0.120. The van der Waals surface area contributed by atoms with E-state index in [1.165, 1.54) is 0 Å². The molecule has 13 heavy (non-hydrogen) atoms. The fourth-order valence-corrected chi connectivity index (χ4v) is 2.66. The van der Waals surface area contributed by atoms with Gasteiger partial charge in [-0.3, -0.25) is 0 Å². The molecule has 76 valence electrons. The first kappa shape index (κ1) is 9.44. The lowest BCUT2D eigenvalue weighted by Crippen LogP contribution is -2.64. The molecule has 0 amide bonds. The van der Waals surface area contributed by atoms with Crippen LogP contribution in [-0.4, -0.2) is 32.0 Å². The molecule has 0 aromatic rings. The van der Waals surface area contributed by atoms with Crippen molar-refractivity contribution in [2.45, 2.75) is 38.3 Å². The van der Waals surface area contributed by atoms with Crippen molar-refractivity contribution < 1.29 is 9.47 Å². The zero-order valence-electron chi connectivity index (χ0n) is 8.29. The van der Waals surface area contributed by atoms with Gasteiger partial charge < -0.3 is 15.2 Å². The van der Waals surface area contributed by atoms with Crippen molar-refractivity contribution in [3.63, 3.8) is 0 Å². The molecule has 2 rings (SSSR count). The summed E-state index contributed by atoms with van der Waals surface area (Å²) in [6.45, 7) is 4.57. The van der Waals surface area contributed by atoms with E-state index in [0.29, 0.717) is 12.1 Å². The van der Waals surface area contributed by atoms with E-state index >= 15 is 0 Å². The van der Waals surface area contributed by atoms with Gasteiger partial charge in [0.15, 0.2) is 0 Å². The van der Waals surface area contributed by atoms with Crippen molar-refractivity contribution in [1.29, 1.82) is 0 Å². The van der Waals surface area contributed by atoms with Crippen LogP contribution in [0.4, 0.5) is 0 Å². The van der Waals surface area contributed by atoms with Crippen molar-refractivity contribution in [3.8, 4) is 0 Å². The Morgan fingerprint density at radius 3 is 2.69 bits per heavy atom. The van der Waals surface area contributed by atoms with Crippen molar-refractivity contribution in [2.24, 2.45) is 11.1 Å². The fraction of sp³-hybridized carbons (Fsp3) is 1.00. The van der Waals surface area contributed by atoms with E-state index in [4.69, 9.17) is 15.2 Å². The van der Waals surface area contributed by atoms with Crippen LogP contribution in [0.1, 0.15) is 26.2 Å². The van der Waals surface area contributed by atoms with Crippen molar-refractivity contribution in [1.82, 2.24) is 0 Å². The van der Waals surface area contributed by atoms with E-state index in [0.717, 1.165) is 39.1 Å². The first-order chi connectivity index (χ1) is 6.29. The van der Waals surface area contributed by atoms with Gasteiger partial charge in [0.05, 0.1) is 6.10 Å². The Morgan fingerprint density at radius 1 is 1.46 bits per heavy atom. The minimum Gasteiger partial charge on any atom is -0.381 e. The maximum atomic E-state index is 6.07. The lowest BCUT2D eigenvalue weighted by Gasteiger charge is -2.55. The summed E-state index contributed by atoms with van der Waals surface area (Å²) in [4.78, 5) is 0. The van der Waals surface area contributed by atoms with E-state index in [9.17, 15) is 0 Å². The summed E-state index contributed by atoms with van der Waals surface area (Å²) >= 11 is 0. The molecule has 0 aromatic heterocycles. The van der Waals surface area contributed by atoms with E-state index in [1.807, 2.05) is 0 Å². The summed E-state index contributed by atoms with van der Waals surface area (Å²) in [5.74, 6) is 0. The van der Waals surface area contributed by atoms with E-state index in [-0.39, 0.29) is 5.41 Å². The van der Waals surface area contributed by atoms with Gasteiger partial charge in [0.2, 0.25) is 0 Å². The minimum absolute atomic E-state index is 0.258. The maximum Gasteiger partial charge on any atom is 0.0662 e. The molecule has 2 atom stereocenters. The zero-order chi connectivity index (χ0) is 9.31. The van der Waals surface area contributed by atoms with Gasteiger partial charge in [0.1, 0.15) is 0 Å². The highest BCUT2D eigenvalue weighted by atomic mass is 16.5. The Bertz CT molecular complexity index is 176. The van der Waals surface area contributed by atoms with Crippen LogP contribution in [0.3, 0.4) is 0 Å². The highest BCUT2D eigenvalue weighted by Crippen LogP contribution is 2.49. The summed E-state index contributed by atoms with van der Waals surface area (Å²) in [6.07, 6.45) is 3.60. The predicted molar refractivity (Wildman–Crippen MR) is 50.5 cm³/mol. The van der Waals surface area contributed by atoms with Gasteiger partial charge in [0.25, 0.3) is 0 Å². The van der Waals surface area contributed by atoms with Crippen LogP contribution >= 0.6 is 0 Å². The number of hydrogen-bond donors (Lipinski definition) is 1. The molecule has 1 heterocycles. The Balaban J connectivity index is 1.99. The van der Waals surface area contributed by atoms with Crippen LogP contribution in [-0.2, 0) is 9.47 Å². The topological polar surface area (TPSA) is 44.5 Å². The lowest BCUT2D eigenvalue weighted by atomic mass is 9.58. The number of ether oxygens (including phenoxy) is 2. The average molecular weight is 185 g/mol. The molecule has 0 unspecified atom stereocenters. The molecule has 0 radical (unpaired) electrons. The molecule has 0 bridgehead atoms. The molecule has 2 aliphatic rings. The third kappa shape index (κ3) is 1.39. The van der Waals surface area contributed by atoms with Crippen LogP contribution in [0, 0.1) is 5.41 Å². The third-order valence-corrected chi connectivity index (χ3v) is 3.64.